The fourth-order valence-electron chi connectivity index (χ4n) is 3.28. The van der Waals surface area contributed by atoms with Gasteiger partial charge in [0, 0.05) is 23.7 Å². The van der Waals surface area contributed by atoms with E-state index in [-0.39, 0.29) is 11.6 Å². The molecule has 0 aliphatic heterocycles. The first-order valence-corrected chi connectivity index (χ1v) is 9.22. The lowest BCUT2D eigenvalue weighted by Gasteiger charge is -2.18. The van der Waals surface area contributed by atoms with E-state index in [1.807, 2.05) is 17.0 Å². The van der Waals surface area contributed by atoms with Gasteiger partial charge in [0.2, 0.25) is 5.78 Å². The van der Waals surface area contributed by atoms with E-state index in [4.69, 9.17) is 12.2 Å². The minimum absolute atomic E-state index is 0.160. The number of nitrogens with zero attached hydrogens (tertiary/aromatic N) is 1. The van der Waals surface area contributed by atoms with Crippen molar-refractivity contribution in [1.82, 2.24) is 5.32 Å². The molecule has 1 aliphatic rings. The number of carbonyl (C=O) groups is 1. The van der Waals surface area contributed by atoms with Crippen LogP contribution >= 0.6 is 12.2 Å². The summed E-state index contributed by atoms with van der Waals surface area (Å²) in [6.45, 7) is 4.16. The molecule has 5 heteroatoms. The van der Waals surface area contributed by atoms with Crippen LogP contribution in [0.2, 0.25) is 0 Å². The molecule has 0 amide bonds. The highest BCUT2D eigenvalue weighted by molar-refractivity contribution is 7.80. The van der Waals surface area contributed by atoms with E-state index >= 15 is 0 Å². The molecule has 0 bridgehead atoms. The van der Waals surface area contributed by atoms with Crippen molar-refractivity contribution in [1.29, 1.82) is 0 Å². The van der Waals surface area contributed by atoms with Gasteiger partial charge in [0.25, 0.3) is 6.04 Å². The fraction of sp³-hybridized carbons (Fsp3) is 0.286. The predicted molar refractivity (Wildman–Crippen MR) is 104 cm³/mol. The van der Waals surface area contributed by atoms with Crippen molar-refractivity contribution in [2.45, 2.75) is 31.7 Å². The van der Waals surface area contributed by atoms with Gasteiger partial charge in [-0.3, -0.25) is 4.79 Å². The van der Waals surface area contributed by atoms with Crippen LogP contribution in [0.15, 0.2) is 55.4 Å². The number of nitrogens with one attached hydrogen (secondary N) is 1. The van der Waals surface area contributed by atoms with Gasteiger partial charge in [0.05, 0.1) is 0 Å². The SMILES string of the molecule is C=CCNC(=S)C(C(=O)c1ccc(F)cc1)[n+]1ccc2c(c1)CCCC2. The molecular formula is C21H22FN2OS+. The first-order valence-electron chi connectivity index (χ1n) is 8.81. The quantitative estimate of drug-likeness (QED) is 0.366. The van der Waals surface area contributed by atoms with Crippen LogP contribution in [0.5, 0.6) is 0 Å². The van der Waals surface area contributed by atoms with Crippen molar-refractivity contribution in [2.24, 2.45) is 0 Å². The summed E-state index contributed by atoms with van der Waals surface area (Å²) < 4.78 is 15.1. The van der Waals surface area contributed by atoms with E-state index in [0.717, 1.165) is 19.3 Å². The summed E-state index contributed by atoms with van der Waals surface area (Å²) >= 11 is 5.51. The fourth-order valence-corrected chi connectivity index (χ4v) is 3.59. The molecule has 134 valence electrons. The summed E-state index contributed by atoms with van der Waals surface area (Å²) in [7, 11) is 0. The van der Waals surface area contributed by atoms with E-state index in [0.29, 0.717) is 17.1 Å². The number of benzene rings is 1. The second-order valence-electron chi connectivity index (χ2n) is 6.46. The van der Waals surface area contributed by atoms with E-state index in [9.17, 15) is 9.18 Å². The van der Waals surface area contributed by atoms with Crippen LogP contribution in [0.3, 0.4) is 0 Å². The van der Waals surface area contributed by atoms with Crippen molar-refractivity contribution < 1.29 is 13.8 Å². The standard InChI is InChI=1S/C21H21FN2OS/c1-2-12-23-21(26)19(20(25)16-7-9-18(22)10-8-16)24-13-11-15-5-3-4-6-17(15)14-24/h2,7-11,13-14,19H,1,3-6,12H2/p+1. The highest BCUT2D eigenvalue weighted by atomic mass is 32.1. The van der Waals surface area contributed by atoms with E-state index in [1.165, 1.54) is 41.8 Å². The third-order valence-corrected chi connectivity index (χ3v) is 5.02. The number of hydrogen-bond acceptors (Lipinski definition) is 2. The van der Waals surface area contributed by atoms with Crippen LogP contribution in [-0.2, 0) is 12.8 Å². The van der Waals surface area contributed by atoms with Crippen molar-refractivity contribution in [3.8, 4) is 0 Å². The highest BCUT2D eigenvalue weighted by Crippen LogP contribution is 2.20. The molecule has 2 aromatic rings. The minimum Gasteiger partial charge on any atom is -0.370 e. The molecule has 3 rings (SSSR count). The maximum atomic E-state index is 13.2. The van der Waals surface area contributed by atoms with Gasteiger partial charge in [-0.2, -0.15) is 4.57 Å². The summed E-state index contributed by atoms with van der Waals surface area (Å²) in [5.41, 5.74) is 3.04. The van der Waals surface area contributed by atoms with Crippen molar-refractivity contribution in [3.63, 3.8) is 0 Å². The number of rotatable bonds is 6. The molecule has 1 heterocycles. The smallest absolute Gasteiger partial charge is 0.270 e. The van der Waals surface area contributed by atoms with Crippen molar-refractivity contribution in [3.05, 3.63) is 77.9 Å². The predicted octanol–water partition coefficient (Wildman–Crippen LogP) is 3.52. The molecule has 26 heavy (non-hydrogen) atoms. The summed E-state index contributed by atoms with van der Waals surface area (Å²) in [6.07, 6.45) is 10.1. The Hall–Kier alpha value is -2.40. The molecule has 1 N–H and O–H groups in total. The molecular weight excluding hydrogens is 347 g/mol. The number of thiocarbonyl (C=S) groups is 1. The number of ketones is 1. The number of Topliss-reactive ketones (excluding diaryl/α,β-unsaturated/α-hetero) is 1. The van der Waals surface area contributed by atoms with Gasteiger partial charge in [-0.05, 0) is 55.5 Å². The van der Waals surface area contributed by atoms with Gasteiger partial charge in [-0.25, -0.2) is 4.39 Å². The molecule has 3 nitrogen and oxygen atoms in total. The molecule has 0 spiro atoms. The van der Waals surface area contributed by atoms with Gasteiger partial charge in [0.1, 0.15) is 5.82 Å². The average molecular weight is 369 g/mol. The Bertz CT molecular complexity index is 832. The molecule has 0 saturated carbocycles. The van der Waals surface area contributed by atoms with Gasteiger partial charge in [0.15, 0.2) is 17.4 Å². The topological polar surface area (TPSA) is 33.0 Å². The Morgan fingerprint density at radius 2 is 1.92 bits per heavy atom. The van der Waals surface area contributed by atoms with Crippen molar-refractivity contribution >= 4 is 23.0 Å². The zero-order valence-corrected chi connectivity index (χ0v) is 15.4. The lowest BCUT2D eigenvalue weighted by Crippen LogP contribution is -2.51. The molecule has 0 radical (unpaired) electrons. The number of carbonyl (C=O) groups excluding carboxylic acids is 1. The molecule has 1 aromatic heterocycles. The van der Waals surface area contributed by atoms with Crippen LogP contribution in [0, 0.1) is 5.82 Å². The largest absolute Gasteiger partial charge is 0.370 e. The maximum absolute atomic E-state index is 13.2. The zero-order chi connectivity index (χ0) is 18.5. The Kier molecular flexibility index (Phi) is 5.89. The molecule has 0 saturated heterocycles. The third kappa shape index (κ3) is 4.05. The zero-order valence-electron chi connectivity index (χ0n) is 14.6. The van der Waals surface area contributed by atoms with Crippen LogP contribution in [-0.4, -0.2) is 17.3 Å². The normalized spacial score (nSPS) is 14.2. The first-order chi connectivity index (χ1) is 12.6. The van der Waals surface area contributed by atoms with E-state index in [2.05, 4.69) is 18.0 Å². The molecule has 1 atom stereocenters. The van der Waals surface area contributed by atoms with Gasteiger partial charge < -0.3 is 5.32 Å². The average Bonchev–Trinajstić information content (AvgIpc) is 2.67. The Balaban J connectivity index is 1.97. The van der Waals surface area contributed by atoms with E-state index in [1.54, 1.807) is 6.08 Å². The van der Waals surface area contributed by atoms with Gasteiger partial charge in [-0.15, -0.1) is 6.58 Å². The van der Waals surface area contributed by atoms with Crippen LogP contribution in [0.1, 0.15) is 40.4 Å². The van der Waals surface area contributed by atoms with Crippen LogP contribution in [0.4, 0.5) is 4.39 Å². The number of aromatic nitrogens is 1. The number of halogens is 1. The number of fused-ring (bicyclic) bond motifs is 1. The molecule has 1 aliphatic carbocycles. The van der Waals surface area contributed by atoms with Crippen LogP contribution < -0.4 is 9.88 Å². The molecule has 1 aromatic carbocycles. The molecule has 1 unspecified atom stereocenters. The highest BCUT2D eigenvalue weighted by Gasteiger charge is 2.33. The minimum atomic E-state index is -0.664. The van der Waals surface area contributed by atoms with Crippen molar-refractivity contribution in [2.75, 3.05) is 6.54 Å². The third-order valence-electron chi connectivity index (χ3n) is 4.65. The number of aryl methyl sites for hydroxylation is 2. The lowest BCUT2D eigenvalue weighted by atomic mass is 9.93. The monoisotopic (exact) mass is 369 g/mol. The maximum Gasteiger partial charge on any atom is 0.270 e. The number of hydrogen-bond donors (Lipinski definition) is 1. The second kappa shape index (κ2) is 8.32. The van der Waals surface area contributed by atoms with E-state index < -0.39 is 6.04 Å². The second-order valence-corrected chi connectivity index (χ2v) is 6.90. The molecule has 0 fully saturated rings. The summed E-state index contributed by atoms with van der Waals surface area (Å²) in [4.78, 5) is 13.6. The first kappa shape index (κ1) is 18.4. The lowest BCUT2D eigenvalue weighted by molar-refractivity contribution is -0.692. The summed E-state index contributed by atoms with van der Waals surface area (Å²) in [5, 5.41) is 3.07. The van der Waals surface area contributed by atoms with Gasteiger partial charge >= 0.3 is 0 Å². The summed E-state index contributed by atoms with van der Waals surface area (Å²) in [6, 6.07) is 7.00. The Morgan fingerprint density at radius 3 is 2.62 bits per heavy atom. The summed E-state index contributed by atoms with van der Waals surface area (Å²) in [5.74, 6) is -0.529. The number of pyridine rings is 1. The Labute approximate surface area is 158 Å². The van der Waals surface area contributed by atoms with Crippen LogP contribution in [0.25, 0.3) is 0 Å². The Morgan fingerprint density at radius 1 is 1.23 bits per heavy atom. The van der Waals surface area contributed by atoms with Gasteiger partial charge in [-0.1, -0.05) is 18.3 Å².